The summed E-state index contributed by atoms with van der Waals surface area (Å²) in [5.74, 6) is -0.356. The number of nitrogens with zero attached hydrogens (tertiary/aromatic N) is 1. The zero-order valence-electron chi connectivity index (χ0n) is 12.7. The zero-order valence-corrected chi connectivity index (χ0v) is 12.7. The van der Waals surface area contributed by atoms with Crippen molar-refractivity contribution in [2.24, 2.45) is 0 Å². The molecule has 1 aliphatic heterocycles. The topological polar surface area (TPSA) is 49.4 Å². The average molecular weight is 306 g/mol. The van der Waals surface area contributed by atoms with E-state index in [1.165, 1.54) is 4.90 Å². The molecule has 0 bridgehead atoms. The second-order valence-electron chi connectivity index (χ2n) is 5.48. The molecule has 0 aromatic heterocycles. The van der Waals surface area contributed by atoms with Gasteiger partial charge in [0.05, 0.1) is 13.0 Å². The van der Waals surface area contributed by atoms with Gasteiger partial charge in [0.25, 0.3) is 5.91 Å². The number of likely N-dealkylation sites (tertiary alicyclic amines) is 1. The Labute approximate surface area is 135 Å². The maximum absolute atomic E-state index is 12.4. The fourth-order valence-electron chi connectivity index (χ4n) is 2.55. The fraction of sp³-hybridized carbons (Fsp3) is 0.158. The van der Waals surface area contributed by atoms with E-state index in [0.29, 0.717) is 18.7 Å². The summed E-state index contributed by atoms with van der Waals surface area (Å²) < 4.78 is 0. The molecule has 116 valence electrons. The van der Waals surface area contributed by atoms with Crippen molar-refractivity contribution in [3.8, 4) is 0 Å². The van der Waals surface area contributed by atoms with Gasteiger partial charge in [-0.2, -0.15) is 0 Å². The first-order valence-corrected chi connectivity index (χ1v) is 7.59. The fourth-order valence-corrected chi connectivity index (χ4v) is 2.55. The summed E-state index contributed by atoms with van der Waals surface area (Å²) in [6, 6.07) is 19.5. The Kier molecular flexibility index (Phi) is 4.52. The van der Waals surface area contributed by atoms with Gasteiger partial charge in [0.2, 0.25) is 5.91 Å². The predicted molar refractivity (Wildman–Crippen MR) is 88.0 cm³/mol. The van der Waals surface area contributed by atoms with Crippen LogP contribution in [0.25, 0.3) is 0 Å². The molecule has 4 heteroatoms. The van der Waals surface area contributed by atoms with Crippen LogP contribution in [0.5, 0.6) is 0 Å². The van der Waals surface area contributed by atoms with Crippen molar-refractivity contribution in [3.05, 3.63) is 83.6 Å². The molecule has 1 N–H and O–H groups in total. The van der Waals surface area contributed by atoms with Crippen molar-refractivity contribution in [1.29, 1.82) is 0 Å². The van der Waals surface area contributed by atoms with E-state index in [1.807, 2.05) is 60.7 Å². The molecule has 4 nitrogen and oxygen atoms in total. The minimum Gasteiger partial charge on any atom is -0.386 e. The molecule has 0 aliphatic carbocycles. The molecule has 0 atom stereocenters. The van der Waals surface area contributed by atoms with Gasteiger partial charge in [0.1, 0.15) is 0 Å². The number of benzene rings is 2. The van der Waals surface area contributed by atoms with Crippen molar-refractivity contribution in [2.45, 2.75) is 19.5 Å². The number of carbonyl (C=O) groups is 2. The summed E-state index contributed by atoms with van der Waals surface area (Å²) in [6.07, 6.45) is 1.83. The first-order valence-electron chi connectivity index (χ1n) is 7.59. The minimum absolute atomic E-state index is 0.147. The predicted octanol–water partition coefficient (Wildman–Crippen LogP) is 2.62. The molecule has 0 saturated carbocycles. The van der Waals surface area contributed by atoms with Crippen molar-refractivity contribution < 1.29 is 9.59 Å². The summed E-state index contributed by atoms with van der Waals surface area (Å²) >= 11 is 0. The summed E-state index contributed by atoms with van der Waals surface area (Å²) in [7, 11) is 0. The van der Waals surface area contributed by atoms with E-state index in [0.717, 1.165) is 11.1 Å². The molecule has 1 heterocycles. The van der Waals surface area contributed by atoms with E-state index in [9.17, 15) is 9.59 Å². The van der Waals surface area contributed by atoms with E-state index in [4.69, 9.17) is 0 Å². The van der Waals surface area contributed by atoms with Crippen LogP contribution < -0.4 is 5.32 Å². The van der Waals surface area contributed by atoms with E-state index in [2.05, 4.69) is 5.32 Å². The lowest BCUT2D eigenvalue weighted by Crippen LogP contribution is -2.28. The Balaban J connectivity index is 1.62. The highest BCUT2D eigenvalue weighted by atomic mass is 16.2. The van der Waals surface area contributed by atoms with Crippen LogP contribution in [0.15, 0.2) is 72.4 Å². The normalized spacial score (nSPS) is 16.2. The number of nitrogens with one attached hydrogen (secondary N) is 1. The van der Waals surface area contributed by atoms with Gasteiger partial charge in [0.15, 0.2) is 0 Å². The molecule has 1 fully saturated rings. The number of amides is 2. The molecular weight excluding hydrogens is 288 g/mol. The Bertz CT molecular complexity index is 724. The summed E-state index contributed by atoms with van der Waals surface area (Å²) in [4.78, 5) is 25.7. The van der Waals surface area contributed by atoms with Crippen molar-refractivity contribution >= 4 is 11.8 Å². The van der Waals surface area contributed by atoms with Crippen LogP contribution in [0.3, 0.4) is 0 Å². The van der Waals surface area contributed by atoms with Gasteiger partial charge in [-0.05, 0) is 11.1 Å². The van der Waals surface area contributed by atoms with Gasteiger partial charge in [0, 0.05) is 18.3 Å². The third-order valence-electron chi connectivity index (χ3n) is 3.77. The molecule has 3 rings (SSSR count). The largest absolute Gasteiger partial charge is 0.386 e. The number of rotatable bonds is 5. The first-order chi connectivity index (χ1) is 11.2. The van der Waals surface area contributed by atoms with Crippen molar-refractivity contribution in [2.75, 3.05) is 0 Å². The van der Waals surface area contributed by atoms with Crippen LogP contribution in [0.4, 0.5) is 0 Å². The average Bonchev–Trinajstić information content (AvgIpc) is 2.85. The Morgan fingerprint density at radius 2 is 1.52 bits per heavy atom. The number of hydrogen-bond acceptors (Lipinski definition) is 3. The van der Waals surface area contributed by atoms with Gasteiger partial charge >= 0.3 is 0 Å². The van der Waals surface area contributed by atoms with Crippen LogP contribution in [-0.4, -0.2) is 16.7 Å². The highest BCUT2D eigenvalue weighted by Crippen LogP contribution is 2.20. The maximum atomic E-state index is 12.4. The highest BCUT2D eigenvalue weighted by molar-refractivity contribution is 6.13. The van der Waals surface area contributed by atoms with E-state index >= 15 is 0 Å². The standard InChI is InChI=1S/C19H18N2O2/c22-18-11-17(13-20-12-15-7-3-1-4-8-15)19(23)21(18)14-16-9-5-2-6-10-16/h1-10,13,20H,11-12,14H2/b17-13-. The molecule has 0 radical (unpaired) electrons. The van der Waals surface area contributed by atoms with Crippen molar-refractivity contribution in [1.82, 2.24) is 10.2 Å². The third-order valence-corrected chi connectivity index (χ3v) is 3.77. The van der Waals surface area contributed by atoms with Crippen LogP contribution in [0, 0.1) is 0 Å². The lowest BCUT2D eigenvalue weighted by atomic mass is 10.2. The first kappa shape index (κ1) is 15.0. The van der Waals surface area contributed by atoms with Gasteiger partial charge in [-0.1, -0.05) is 60.7 Å². The smallest absolute Gasteiger partial charge is 0.258 e. The highest BCUT2D eigenvalue weighted by Gasteiger charge is 2.33. The molecule has 0 spiro atoms. The molecule has 1 aliphatic rings. The molecule has 2 aromatic rings. The summed E-state index contributed by atoms with van der Waals surface area (Å²) in [6.45, 7) is 0.957. The lowest BCUT2D eigenvalue weighted by Gasteiger charge is -2.13. The van der Waals surface area contributed by atoms with Crippen molar-refractivity contribution in [3.63, 3.8) is 0 Å². The van der Waals surface area contributed by atoms with Gasteiger partial charge in [-0.15, -0.1) is 0 Å². The molecule has 23 heavy (non-hydrogen) atoms. The van der Waals surface area contributed by atoms with Gasteiger partial charge in [-0.25, -0.2) is 0 Å². The minimum atomic E-state index is -0.209. The number of carbonyl (C=O) groups excluding carboxylic acids is 2. The summed E-state index contributed by atoms with van der Waals surface area (Å²) in [5, 5.41) is 3.12. The van der Waals surface area contributed by atoms with Gasteiger partial charge in [-0.3, -0.25) is 14.5 Å². The second-order valence-corrected chi connectivity index (χ2v) is 5.48. The SMILES string of the molecule is O=C1C/C(=C/NCc2ccccc2)C(=O)N1Cc1ccccc1. The van der Waals surface area contributed by atoms with Crippen LogP contribution in [-0.2, 0) is 22.7 Å². The molecule has 2 aromatic carbocycles. The van der Waals surface area contributed by atoms with Crippen LogP contribution >= 0.6 is 0 Å². The molecular formula is C19H18N2O2. The maximum Gasteiger partial charge on any atom is 0.258 e. The number of imide groups is 1. The Morgan fingerprint density at radius 1 is 0.913 bits per heavy atom. The Hall–Kier alpha value is -2.88. The quantitative estimate of drug-likeness (QED) is 0.682. The number of hydrogen-bond donors (Lipinski definition) is 1. The van der Waals surface area contributed by atoms with Crippen LogP contribution in [0.1, 0.15) is 17.5 Å². The van der Waals surface area contributed by atoms with Crippen LogP contribution in [0.2, 0.25) is 0 Å². The Morgan fingerprint density at radius 3 is 2.17 bits per heavy atom. The van der Waals surface area contributed by atoms with E-state index in [-0.39, 0.29) is 18.2 Å². The van der Waals surface area contributed by atoms with Gasteiger partial charge < -0.3 is 5.32 Å². The van der Waals surface area contributed by atoms with E-state index < -0.39 is 0 Å². The summed E-state index contributed by atoms with van der Waals surface area (Å²) in [5.41, 5.74) is 2.59. The molecule has 0 unspecified atom stereocenters. The molecule has 2 amide bonds. The lowest BCUT2D eigenvalue weighted by molar-refractivity contribution is -0.138. The zero-order chi connectivity index (χ0) is 16.1. The molecule has 1 saturated heterocycles. The monoisotopic (exact) mass is 306 g/mol. The van der Waals surface area contributed by atoms with E-state index in [1.54, 1.807) is 6.20 Å². The third kappa shape index (κ3) is 3.66. The second kappa shape index (κ2) is 6.92.